The van der Waals surface area contributed by atoms with Gasteiger partial charge in [-0.1, -0.05) is 40.2 Å². The molecule has 92 valence electrons. The molecule has 0 atom stereocenters. The van der Waals surface area contributed by atoms with Gasteiger partial charge in [-0.3, -0.25) is 0 Å². The molecule has 1 aliphatic heterocycles. The van der Waals surface area contributed by atoms with Crippen LogP contribution in [0.3, 0.4) is 0 Å². The lowest BCUT2D eigenvalue weighted by atomic mass is 9.73. The maximum atomic E-state index is 5.89. The number of nitrogen functional groups attached to an aromatic ring is 1. The highest BCUT2D eigenvalue weighted by Gasteiger charge is 2.41. The van der Waals surface area contributed by atoms with Crippen molar-refractivity contribution in [2.24, 2.45) is 0 Å². The number of hydrogen-bond donors (Lipinski definition) is 1. The van der Waals surface area contributed by atoms with Crippen molar-refractivity contribution in [3.05, 3.63) is 64.1 Å². The van der Waals surface area contributed by atoms with E-state index in [4.69, 9.17) is 10.5 Å². The Balaban J connectivity index is 2.07. The third kappa shape index (κ3) is 1.84. The fourth-order valence-corrected chi connectivity index (χ4v) is 2.68. The molecule has 18 heavy (non-hydrogen) atoms. The number of nitrogens with two attached hydrogens (primary N) is 1. The van der Waals surface area contributed by atoms with Crippen molar-refractivity contribution in [3.8, 4) is 0 Å². The van der Waals surface area contributed by atoms with Crippen molar-refractivity contribution in [1.82, 2.24) is 0 Å². The van der Waals surface area contributed by atoms with E-state index in [0.29, 0.717) is 0 Å². The molecule has 0 amide bonds. The van der Waals surface area contributed by atoms with Gasteiger partial charge >= 0.3 is 0 Å². The largest absolute Gasteiger partial charge is 0.399 e. The van der Waals surface area contributed by atoms with Crippen LogP contribution in [0.1, 0.15) is 11.1 Å². The van der Waals surface area contributed by atoms with Crippen LogP contribution in [0.5, 0.6) is 0 Å². The summed E-state index contributed by atoms with van der Waals surface area (Å²) in [6, 6.07) is 16.5. The van der Waals surface area contributed by atoms with Crippen LogP contribution in [0, 0.1) is 0 Å². The molecule has 1 aliphatic rings. The van der Waals surface area contributed by atoms with Crippen LogP contribution >= 0.6 is 15.9 Å². The Morgan fingerprint density at radius 1 is 1.00 bits per heavy atom. The van der Waals surface area contributed by atoms with Crippen molar-refractivity contribution < 1.29 is 4.74 Å². The number of halogens is 1. The van der Waals surface area contributed by atoms with Gasteiger partial charge in [-0.15, -0.1) is 0 Å². The monoisotopic (exact) mass is 303 g/mol. The number of ether oxygens (including phenoxy) is 1. The van der Waals surface area contributed by atoms with Gasteiger partial charge in [0.05, 0.1) is 18.6 Å². The van der Waals surface area contributed by atoms with Crippen LogP contribution in [0.15, 0.2) is 53.0 Å². The fraction of sp³-hybridized carbons (Fsp3) is 0.200. The van der Waals surface area contributed by atoms with Gasteiger partial charge in [-0.25, -0.2) is 0 Å². The molecule has 2 N–H and O–H groups in total. The predicted molar refractivity (Wildman–Crippen MR) is 76.6 cm³/mol. The van der Waals surface area contributed by atoms with Crippen LogP contribution in [-0.4, -0.2) is 13.2 Å². The van der Waals surface area contributed by atoms with Crippen LogP contribution in [0.25, 0.3) is 0 Å². The van der Waals surface area contributed by atoms with Crippen molar-refractivity contribution in [2.45, 2.75) is 5.41 Å². The first-order valence-corrected chi connectivity index (χ1v) is 6.70. The van der Waals surface area contributed by atoms with E-state index in [1.807, 2.05) is 18.2 Å². The summed E-state index contributed by atoms with van der Waals surface area (Å²) in [7, 11) is 0. The number of rotatable bonds is 2. The second-order valence-corrected chi connectivity index (χ2v) is 5.62. The van der Waals surface area contributed by atoms with Gasteiger partial charge < -0.3 is 10.5 Å². The lowest BCUT2D eigenvalue weighted by molar-refractivity contribution is -0.0379. The molecule has 0 saturated carbocycles. The smallest absolute Gasteiger partial charge is 0.0670 e. The van der Waals surface area contributed by atoms with Gasteiger partial charge in [0.25, 0.3) is 0 Å². The standard InChI is InChI=1S/C15H14BrNO/c16-13-6-4-11(5-7-13)15(9-18-10-15)12-2-1-3-14(17)8-12/h1-8H,9-10,17H2. The average molecular weight is 304 g/mol. The number of anilines is 1. The Labute approximate surface area is 115 Å². The summed E-state index contributed by atoms with van der Waals surface area (Å²) in [4.78, 5) is 0. The Hall–Kier alpha value is -1.32. The minimum absolute atomic E-state index is 0.0317. The molecule has 1 heterocycles. The molecular formula is C15H14BrNO. The van der Waals surface area contributed by atoms with Crippen LogP contribution in [0.2, 0.25) is 0 Å². The van der Waals surface area contributed by atoms with Gasteiger partial charge in [-0.2, -0.15) is 0 Å². The summed E-state index contributed by atoms with van der Waals surface area (Å²) in [5, 5.41) is 0. The molecule has 1 fully saturated rings. The van der Waals surface area contributed by atoms with E-state index >= 15 is 0 Å². The van der Waals surface area contributed by atoms with Crippen molar-refractivity contribution >= 4 is 21.6 Å². The molecule has 0 radical (unpaired) electrons. The highest BCUT2D eigenvalue weighted by Crippen LogP contribution is 2.40. The summed E-state index contributed by atoms with van der Waals surface area (Å²) < 4.78 is 6.56. The summed E-state index contributed by atoms with van der Waals surface area (Å²) in [6.45, 7) is 1.44. The molecule has 2 aromatic rings. The van der Waals surface area contributed by atoms with Crippen LogP contribution in [0.4, 0.5) is 5.69 Å². The molecule has 3 heteroatoms. The lowest BCUT2D eigenvalue weighted by Crippen LogP contribution is -2.47. The van der Waals surface area contributed by atoms with E-state index in [2.05, 4.69) is 46.3 Å². The summed E-state index contributed by atoms with van der Waals surface area (Å²) in [6.07, 6.45) is 0. The van der Waals surface area contributed by atoms with E-state index in [-0.39, 0.29) is 5.41 Å². The molecule has 0 aliphatic carbocycles. The maximum absolute atomic E-state index is 5.89. The Morgan fingerprint density at radius 2 is 1.72 bits per heavy atom. The first-order valence-electron chi connectivity index (χ1n) is 5.90. The molecular weight excluding hydrogens is 290 g/mol. The van der Waals surface area contributed by atoms with E-state index < -0.39 is 0 Å². The SMILES string of the molecule is Nc1cccc(C2(c3ccc(Br)cc3)COC2)c1. The van der Waals surface area contributed by atoms with E-state index in [9.17, 15) is 0 Å². The molecule has 0 bridgehead atoms. The first kappa shape index (κ1) is 11.8. The second-order valence-electron chi connectivity index (χ2n) is 4.71. The Bertz CT molecular complexity index is 561. The van der Waals surface area contributed by atoms with Gasteiger partial charge in [0.15, 0.2) is 0 Å². The minimum atomic E-state index is -0.0317. The minimum Gasteiger partial charge on any atom is -0.399 e. The number of hydrogen-bond acceptors (Lipinski definition) is 2. The molecule has 2 nitrogen and oxygen atoms in total. The summed E-state index contributed by atoms with van der Waals surface area (Å²) >= 11 is 3.47. The Kier molecular flexibility index (Phi) is 2.88. The third-order valence-electron chi connectivity index (χ3n) is 3.53. The predicted octanol–water partition coefficient (Wildman–Crippen LogP) is 3.35. The van der Waals surface area contributed by atoms with Gasteiger partial charge in [0, 0.05) is 10.2 Å². The highest BCUT2D eigenvalue weighted by atomic mass is 79.9. The number of benzene rings is 2. The highest BCUT2D eigenvalue weighted by molar-refractivity contribution is 9.10. The molecule has 2 aromatic carbocycles. The van der Waals surface area contributed by atoms with Gasteiger partial charge in [0.1, 0.15) is 0 Å². The zero-order chi connectivity index (χ0) is 12.6. The maximum Gasteiger partial charge on any atom is 0.0670 e. The fourth-order valence-electron chi connectivity index (χ4n) is 2.41. The quantitative estimate of drug-likeness (QED) is 0.864. The first-order chi connectivity index (χ1) is 8.71. The van der Waals surface area contributed by atoms with E-state index in [1.54, 1.807) is 0 Å². The molecule has 3 rings (SSSR count). The zero-order valence-electron chi connectivity index (χ0n) is 9.90. The zero-order valence-corrected chi connectivity index (χ0v) is 11.5. The van der Waals surface area contributed by atoms with Crippen molar-refractivity contribution in [3.63, 3.8) is 0 Å². The van der Waals surface area contributed by atoms with E-state index in [0.717, 1.165) is 23.4 Å². The third-order valence-corrected chi connectivity index (χ3v) is 4.06. The second kappa shape index (κ2) is 4.41. The summed E-state index contributed by atoms with van der Waals surface area (Å²) in [5.41, 5.74) is 9.17. The normalized spacial score (nSPS) is 17.2. The van der Waals surface area contributed by atoms with Crippen molar-refractivity contribution in [1.29, 1.82) is 0 Å². The molecule has 0 aromatic heterocycles. The van der Waals surface area contributed by atoms with Gasteiger partial charge in [0.2, 0.25) is 0 Å². The Morgan fingerprint density at radius 3 is 2.28 bits per heavy atom. The van der Waals surface area contributed by atoms with Crippen molar-refractivity contribution in [2.75, 3.05) is 18.9 Å². The lowest BCUT2D eigenvalue weighted by Gasteiger charge is -2.42. The molecule has 1 saturated heterocycles. The van der Waals surface area contributed by atoms with Gasteiger partial charge in [-0.05, 0) is 35.4 Å². The molecule has 0 unspecified atom stereocenters. The topological polar surface area (TPSA) is 35.2 Å². The van der Waals surface area contributed by atoms with Crippen LogP contribution < -0.4 is 5.73 Å². The molecule has 0 spiro atoms. The summed E-state index contributed by atoms with van der Waals surface area (Å²) in [5.74, 6) is 0. The van der Waals surface area contributed by atoms with E-state index in [1.165, 1.54) is 11.1 Å². The van der Waals surface area contributed by atoms with Crippen LogP contribution in [-0.2, 0) is 10.2 Å². The average Bonchev–Trinajstić information content (AvgIpc) is 2.30.